The highest BCUT2D eigenvalue weighted by Gasteiger charge is 2.32. The number of esters is 2. The van der Waals surface area contributed by atoms with Crippen molar-refractivity contribution in [1.29, 1.82) is 0 Å². The summed E-state index contributed by atoms with van der Waals surface area (Å²) in [5.41, 5.74) is 2.35. The van der Waals surface area contributed by atoms with Crippen molar-refractivity contribution < 1.29 is 38.1 Å². The number of methoxy groups -OCH3 is 4. The lowest BCUT2D eigenvalue weighted by molar-refractivity contribution is 0.0590. The van der Waals surface area contributed by atoms with Crippen molar-refractivity contribution in [3.05, 3.63) is 72.3 Å². The fourth-order valence-corrected chi connectivity index (χ4v) is 4.81. The fraction of sp³-hybridized carbons (Fsp3) is 0.143. The number of nitrogens with one attached hydrogen (secondary N) is 1. The van der Waals surface area contributed by atoms with Crippen LogP contribution in [0.5, 0.6) is 0 Å². The lowest BCUT2D eigenvalue weighted by Gasteiger charge is -2.07. The molecule has 0 aliphatic heterocycles. The molecule has 5 aromatic rings. The molecule has 0 saturated carbocycles. The highest BCUT2D eigenvalue weighted by Crippen LogP contribution is 2.45. The molecule has 5 rings (SSSR count). The molecule has 11 nitrogen and oxygen atoms in total. The van der Waals surface area contributed by atoms with Gasteiger partial charge in [0.1, 0.15) is 11.4 Å². The second-order valence-corrected chi connectivity index (χ2v) is 8.41. The average Bonchev–Trinajstić information content (AvgIpc) is 3.67. The van der Waals surface area contributed by atoms with Gasteiger partial charge < -0.3 is 23.9 Å². The van der Waals surface area contributed by atoms with Crippen LogP contribution in [-0.2, 0) is 18.9 Å². The minimum Gasteiger partial charge on any atom is -0.464 e. The van der Waals surface area contributed by atoms with Gasteiger partial charge in [0, 0.05) is 45.4 Å². The molecule has 3 aromatic heterocycles. The zero-order valence-electron chi connectivity index (χ0n) is 21.4. The first-order valence-electron chi connectivity index (χ1n) is 11.7. The quantitative estimate of drug-likeness (QED) is 0.253. The number of hydrogen-bond donors (Lipinski definition) is 1. The van der Waals surface area contributed by atoms with Crippen molar-refractivity contribution in [2.24, 2.45) is 0 Å². The predicted octanol–water partition coefficient (Wildman–Crippen LogP) is 5.06. The number of benzene rings is 2. The molecule has 3 heterocycles. The molecule has 0 spiro atoms. The fourth-order valence-electron chi connectivity index (χ4n) is 4.81. The number of para-hydroxylation sites is 2. The van der Waals surface area contributed by atoms with Crippen LogP contribution in [0.15, 0.2) is 60.9 Å². The first-order valence-corrected chi connectivity index (χ1v) is 11.7. The number of rotatable bonds is 4. The van der Waals surface area contributed by atoms with Crippen LogP contribution >= 0.6 is 0 Å². The minimum atomic E-state index is -0.756. The van der Waals surface area contributed by atoms with Crippen LogP contribution in [0.4, 0.5) is 9.59 Å². The van der Waals surface area contributed by atoms with Gasteiger partial charge in [-0.3, -0.25) is 9.13 Å². The number of carbonyl (C=O) groups excluding carboxylic acids is 4. The average molecular weight is 530 g/mol. The van der Waals surface area contributed by atoms with Crippen LogP contribution in [0.1, 0.15) is 21.0 Å². The maximum Gasteiger partial charge on any atom is 0.418 e. The van der Waals surface area contributed by atoms with Crippen molar-refractivity contribution in [3.8, 4) is 22.3 Å². The van der Waals surface area contributed by atoms with E-state index in [4.69, 9.17) is 18.9 Å². The number of aromatic nitrogens is 3. The van der Waals surface area contributed by atoms with Gasteiger partial charge >= 0.3 is 24.1 Å². The van der Waals surface area contributed by atoms with E-state index < -0.39 is 24.1 Å². The van der Waals surface area contributed by atoms with E-state index in [1.54, 1.807) is 48.5 Å². The van der Waals surface area contributed by atoms with Gasteiger partial charge in [0.2, 0.25) is 0 Å². The van der Waals surface area contributed by atoms with Crippen molar-refractivity contribution in [2.45, 2.75) is 0 Å². The van der Waals surface area contributed by atoms with Crippen LogP contribution in [0.2, 0.25) is 0 Å². The second kappa shape index (κ2) is 9.86. The first-order chi connectivity index (χ1) is 18.9. The molecular weight excluding hydrogens is 506 g/mol. The third-order valence-electron chi connectivity index (χ3n) is 6.48. The van der Waals surface area contributed by atoms with Crippen molar-refractivity contribution >= 4 is 45.9 Å². The summed E-state index contributed by atoms with van der Waals surface area (Å²) in [5, 5.41) is 1.20. The Morgan fingerprint density at radius 2 is 0.974 bits per heavy atom. The summed E-state index contributed by atoms with van der Waals surface area (Å²) in [6.45, 7) is 0. The Labute approximate surface area is 221 Å². The molecule has 0 aliphatic carbocycles. The lowest BCUT2D eigenvalue weighted by Crippen LogP contribution is -2.09. The van der Waals surface area contributed by atoms with Crippen LogP contribution < -0.4 is 0 Å². The summed E-state index contributed by atoms with van der Waals surface area (Å²) in [5.74, 6) is -1.51. The number of fused-ring (bicyclic) bond motifs is 2. The monoisotopic (exact) mass is 529 g/mol. The Kier molecular flexibility index (Phi) is 6.40. The molecule has 1 N–H and O–H groups in total. The van der Waals surface area contributed by atoms with Gasteiger partial charge in [-0.25, -0.2) is 19.2 Å². The van der Waals surface area contributed by atoms with Gasteiger partial charge in [-0.05, 0) is 12.1 Å². The topological polar surface area (TPSA) is 131 Å². The molecule has 0 unspecified atom stereocenters. The number of carbonyl (C=O) groups is 4. The molecule has 0 atom stereocenters. The van der Waals surface area contributed by atoms with Gasteiger partial charge in [0.05, 0.1) is 39.5 Å². The molecule has 0 amide bonds. The van der Waals surface area contributed by atoms with E-state index in [0.717, 1.165) is 0 Å². The van der Waals surface area contributed by atoms with Gasteiger partial charge in [-0.1, -0.05) is 36.4 Å². The van der Waals surface area contributed by atoms with Crippen molar-refractivity contribution in [3.63, 3.8) is 0 Å². The van der Waals surface area contributed by atoms with E-state index in [-0.39, 0.29) is 22.5 Å². The van der Waals surface area contributed by atoms with Crippen molar-refractivity contribution in [1.82, 2.24) is 14.1 Å². The number of ether oxygens (including phenoxy) is 4. The maximum atomic E-state index is 13.1. The Morgan fingerprint density at radius 1 is 0.590 bits per heavy atom. The maximum absolute atomic E-state index is 13.1. The molecule has 11 heteroatoms. The SMILES string of the molecule is COC(=O)c1[nH]c(C(=O)OC)c(-c2cn(C(=O)OC)c3ccccc23)c1-c1cn(C(=O)OC)c2ccccc12. The number of nitrogens with zero attached hydrogens (tertiary/aromatic N) is 2. The highest BCUT2D eigenvalue weighted by atomic mass is 16.5. The third kappa shape index (κ3) is 3.91. The van der Waals surface area contributed by atoms with Gasteiger partial charge in [0.15, 0.2) is 0 Å². The highest BCUT2D eigenvalue weighted by molar-refractivity contribution is 6.16. The second-order valence-electron chi connectivity index (χ2n) is 8.41. The van der Waals surface area contributed by atoms with Gasteiger partial charge in [0.25, 0.3) is 0 Å². The summed E-state index contributed by atoms with van der Waals surface area (Å²) in [7, 11) is 4.95. The normalized spacial score (nSPS) is 11.0. The minimum absolute atomic E-state index is 0.0458. The Bertz CT molecular complexity index is 1660. The predicted molar refractivity (Wildman–Crippen MR) is 141 cm³/mol. The summed E-state index contributed by atoms with van der Waals surface area (Å²) in [6.07, 6.45) is 1.75. The Balaban J connectivity index is 1.97. The van der Waals surface area contributed by atoms with E-state index in [1.807, 2.05) is 0 Å². The molecule has 39 heavy (non-hydrogen) atoms. The zero-order valence-corrected chi connectivity index (χ0v) is 21.4. The third-order valence-corrected chi connectivity index (χ3v) is 6.48. The van der Waals surface area contributed by atoms with E-state index in [0.29, 0.717) is 32.9 Å². The molecule has 0 bridgehead atoms. The summed E-state index contributed by atoms with van der Waals surface area (Å²) >= 11 is 0. The Morgan fingerprint density at radius 3 is 1.33 bits per heavy atom. The molecule has 0 radical (unpaired) electrons. The van der Waals surface area contributed by atoms with Gasteiger partial charge in [-0.15, -0.1) is 0 Å². The van der Waals surface area contributed by atoms with E-state index in [1.165, 1.54) is 50.0 Å². The zero-order chi connectivity index (χ0) is 27.8. The van der Waals surface area contributed by atoms with E-state index in [9.17, 15) is 19.2 Å². The molecular formula is C28H23N3O8. The lowest BCUT2D eigenvalue weighted by atomic mass is 9.94. The number of aromatic amines is 1. The summed E-state index contributed by atoms with van der Waals surface area (Å²) in [4.78, 5) is 54.4. The van der Waals surface area contributed by atoms with E-state index >= 15 is 0 Å². The number of hydrogen-bond acceptors (Lipinski definition) is 8. The van der Waals surface area contributed by atoms with Crippen LogP contribution in [0.25, 0.3) is 44.1 Å². The largest absolute Gasteiger partial charge is 0.464 e. The summed E-state index contributed by atoms with van der Waals surface area (Å²) in [6, 6.07) is 14.1. The standard InChI is InChI=1S/C28H23N3O8/c1-36-25(32)23-21(17-13-30(27(34)38-3)19-11-7-5-9-15(17)19)22(24(29-23)26(33)37-2)18-14-31(28(35)39-4)20-12-8-6-10-16(18)20/h5-14,29H,1-4H3. The molecule has 2 aromatic carbocycles. The van der Waals surface area contributed by atoms with Crippen LogP contribution in [-0.4, -0.2) is 66.7 Å². The molecule has 198 valence electrons. The van der Waals surface area contributed by atoms with Crippen LogP contribution in [0.3, 0.4) is 0 Å². The van der Waals surface area contributed by atoms with E-state index in [2.05, 4.69) is 4.98 Å². The Hall–Kier alpha value is -5.32. The van der Waals surface area contributed by atoms with Crippen LogP contribution in [0, 0.1) is 0 Å². The molecule has 0 saturated heterocycles. The molecule has 0 aliphatic rings. The van der Waals surface area contributed by atoms with Crippen molar-refractivity contribution in [2.75, 3.05) is 28.4 Å². The number of H-pyrrole nitrogens is 1. The molecule has 0 fully saturated rings. The smallest absolute Gasteiger partial charge is 0.418 e. The summed E-state index contributed by atoms with van der Waals surface area (Å²) < 4.78 is 22.6. The first kappa shape index (κ1) is 25.3. The van der Waals surface area contributed by atoms with Gasteiger partial charge in [-0.2, -0.15) is 0 Å².